The van der Waals surface area contributed by atoms with Crippen LogP contribution in [0.25, 0.3) is 10.8 Å². The number of carbonyl (C=O) groups is 5. The molecular formula is C39H65BN8O8. The molecule has 3 rings (SSSR count). The Morgan fingerprint density at radius 3 is 1.91 bits per heavy atom. The Bertz CT molecular complexity index is 1550. The van der Waals surface area contributed by atoms with Gasteiger partial charge in [-0.05, 0) is 61.4 Å². The Balaban J connectivity index is 0.00000207. The van der Waals surface area contributed by atoms with Crippen molar-refractivity contribution < 1.29 is 39.1 Å². The number of carbonyl (C=O) groups excluding carboxylic acids is 5. The summed E-state index contributed by atoms with van der Waals surface area (Å²) in [6, 6.07) is 9.28. The number of amides is 5. The van der Waals surface area contributed by atoms with Gasteiger partial charge in [0.2, 0.25) is 17.7 Å². The minimum absolute atomic E-state index is 0.0235. The fourth-order valence-corrected chi connectivity index (χ4v) is 5.59. The molecule has 0 aliphatic carbocycles. The normalized spacial score (nSPS) is 14.9. The number of nitrogens with one attached hydrogen (secondary N) is 4. The van der Waals surface area contributed by atoms with Crippen LogP contribution >= 0.6 is 0 Å². The average Bonchev–Trinajstić information content (AvgIpc) is 3.59. The van der Waals surface area contributed by atoms with Gasteiger partial charge in [0.1, 0.15) is 6.04 Å². The molecule has 11 N–H and O–H groups in total. The molecule has 1 saturated heterocycles. The summed E-state index contributed by atoms with van der Waals surface area (Å²) in [5.74, 6) is -2.93. The molecule has 0 spiro atoms. The predicted molar refractivity (Wildman–Crippen MR) is 220 cm³/mol. The van der Waals surface area contributed by atoms with Gasteiger partial charge >= 0.3 is 7.12 Å². The molecule has 312 valence electrons. The van der Waals surface area contributed by atoms with Crippen LogP contribution in [-0.4, -0.2) is 113 Å². The van der Waals surface area contributed by atoms with Gasteiger partial charge in [0.15, 0.2) is 5.96 Å². The SMILES string of the molecule is CCC.CCC(=O)N[C@@H](CCCN=C(N)N)C(=O)NCCCCCNC(=O)c1ccc(C(=O)NCC(=O)N2CC(O)CC2B(O)O)c2ccccc12.CCCC. The monoisotopic (exact) mass is 785 g/mol. The first-order valence-corrected chi connectivity index (χ1v) is 19.8. The van der Waals surface area contributed by atoms with Crippen molar-refractivity contribution in [3.8, 4) is 0 Å². The molecule has 2 unspecified atom stereocenters. The van der Waals surface area contributed by atoms with Gasteiger partial charge in [0.05, 0.1) is 18.6 Å². The number of nitrogens with zero attached hydrogens (tertiary/aromatic N) is 2. The number of unbranched alkanes of at least 4 members (excludes halogenated alkanes) is 3. The molecule has 2 aromatic carbocycles. The van der Waals surface area contributed by atoms with Gasteiger partial charge in [-0.2, -0.15) is 0 Å². The zero-order chi connectivity index (χ0) is 42.0. The molecule has 1 fully saturated rings. The van der Waals surface area contributed by atoms with Gasteiger partial charge in [-0.15, -0.1) is 0 Å². The number of fused-ring (bicyclic) bond motifs is 1. The largest absolute Gasteiger partial charge is 0.475 e. The molecule has 16 nitrogen and oxygen atoms in total. The number of aliphatic hydroxyl groups is 1. The average molecular weight is 785 g/mol. The number of aliphatic imine (C=N–C) groups is 1. The Morgan fingerprint density at radius 1 is 0.839 bits per heavy atom. The van der Waals surface area contributed by atoms with Gasteiger partial charge in [-0.25, -0.2) is 0 Å². The molecule has 3 atom stereocenters. The Morgan fingerprint density at radius 2 is 1.39 bits per heavy atom. The van der Waals surface area contributed by atoms with Crippen molar-refractivity contribution in [3.63, 3.8) is 0 Å². The van der Waals surface area contributed by atoms with E-state index in [1.54, 1.807) is 37.3 Å². The summed E-state index contributed by atoms with van der Waals surface area (Å²) in [6.07, 6.45) is 6.25. The van der Waals surface area contributed by atoms with E-state index in [4.69, 9.17) is 11.5 Å². The molecule has 17 heteroatoms. The van der Waals surface area contributed by atoms with E-state index in [1.165, 1.54) is 25.3 Å². The molecular weight excluding hydrogens is 719 g/mol. The van der Waals surface area contributed by atoms with Gasteiger partial charge in [-0.3, -0.25) is 29.0 Å². The van der Waals surface area contributed by atoms with Crippen LogP contribution in [-0.2, 0) is 14.4 Å². The van der Waals surface area contributed by atoms with Crippen LogP contribution in [0.2, 0.25) is 0 Å². The summed E-state index contributed by atoms with van der Waals surface area (Å²) in [6.45, 7) is 11.0. The van der Waals surface area contributed by atoms with Crippen molar-refractivity contribution in [2.45, 2.75) is 117 Å². The topological polar surface area (TPSA) is 262 Å². The van der Waals surface area contributed by atoms with Crippen molar-refractivity contribution in [1.82, 2.24) is 26.2 Å². The fourth-order valence-electron chi connectivity index (χ4n) is 5.59. The van der Waals surface area contributed by atoms with Gasteiger partial charge < -0.3 is 52.8 Å². The van der Waals surface area contributed by atoms with Crippen molar-refractivity contribution in [2.75, 3.05) is 32.7 Å². The number of likely N-dealkylation sites (tertiary alicyclic amines) is 1. The number of β-amino-alcohol motifs (C(OH)–C–C–N with tert-alkyl or cyclic N) is 1. The van der Waals surface area contributed by atoms with Crippen molar-refractivity contribution >= 4 is 53.4 Å². The lowest BCUT2D eigenvalue weighted by molar-refractivity contribution is -0.130. The van der Waals surface area contributed by atoms with Crippen LogP contribution in [0.15, 0.2) is 41.4 Å². The fraction of sp³-hybridized carbons (Fsp3) is 0.590. The predicted octanol–water partition coefficient (Wildman–Crippen LogP) is 1.73. The Kier molecular flexibility index (Phi) is 24.5. The third-order valence-corrected chi connectivity index (χ3v) is 8.66. The molecule has 2 aromatic rings. The number of hydrogen-bond acceptors (Lipinski definition) is 9. The smallest absolute Gasteiger partial charge is 0.426 e. The number of benzene rings is 2. The maximum Gasteiger partial charge on any atom is 0.475 e. The molecule has 56 heavy (non-hydrogen) atoms. The number of nitrogens with two attached hydrogens (primary N) is 2. The van der Waals surface area contributed by atoms with E-state index in [0.717, 1.165) is 11.3 Å². The third-order valence-electron chi connectivity index (χ3n) is 8.66. The maximum absolute atomic E-state index is 13.1. The zero-order valence-corrected chi connectivity index (χ0v) is 33.8. The van der Waals surface area contributed by atoms with E-state index in [9.17, 15) is 39.1 Å². The second kappa shape index (κ2) is 27.8. The highest BCUT2D eigenvalue weighted by atomic mass is 16.4. The molecule has 5 amide bonds. The minimum Gasteiger partial charge on any atom is -0.426 e. The molecule has 1 aliphatic rings. The van der Waals surface area contributed by atoms with Crippen LogP contribution in [0, 0.1) is 0 Å². The van der Waals surface area contributed by atoms with E-state index in [1.807, 2.05) is 0 Å². The molecule has 0 saturated carbocycles. The number of aliphatic hydroxyl groups excluding tert-OH is 1. The lowest BCUT2D eigenvalue weighted by atomic mass is 9.77. The van der Waals surface area contributed by atoms with Crippen molar-refractivity contribution in [3.05, 3.63) is 47.5 Å². The number of hydrogen-bond donors (Lipinski definition) is 9. The molecule has 1 aliphatic heterocycles. The first-order valence-electron chi connectivity index (χ1n) is 19.8. The summed E-state index contributed by atoms with van der Waals surface area (Å²) in [7, 11) is -1.81. The van der Waals surface area contributed by atoms with Gasteiger partial charge in [-0.1, -0.05) is 78.1 Å². The lowest BCUT2D eigenvalue weighted by Crippen LogP contribution is -2.49. The standard InChI is InChI=1S/C32H47BN8O8.C4H10.C3H8/c1-2-27(43)40-25(11-8-16-38-32(34)35)31(47)37-15-7-3-6-14-36-29(45)23-12-13-24(22-10-5-4-9-21(22)23)30(46)39-18-28(44)41-19-20(42)17-26(41)33(48)49;1-3-4-2;1-3-2/h4-5,9-10,12-13,20,25-26,42,48-49H,2-3,6-8,11,14-19H2,1H3,(H,36,45)(H,37,47)(H,39,46)(H,40,43)(H4,34,35,38);3-4H2,1-2H3;3H2,1-2H3/t20?,25-,26?;;/m0../s1. The highest BCUT2D eigenvalue weighted by Crippen LogP contribution is 2.24. The van der Waals surface area contributed by atoms with Crippen LogP contribution < -0.4 is 32.7 Å². The first-order chi connectivity index (χ1) is 26.7. The van der Waals surface area contributed by atoms with E-state index in [0.29, 0.717) is 61.7 Å². The van der Waals surface area contributed by atoms with Crippen LogP contribution in [0.4, 0.5) is 0 Å². The Labute approximate surface area is 331 Å². The molecule has 0 aromatic heterocycles. The minimum atomic E-state index is -1.81. The summed E-state index contributed by atoms with van der Waals surface area (Å²) in [4.78, 5) is 68.4. The highest BCUT2D eigenvalue weighted by Gasteiger charge is 2.41. The third kappa shape index (κ3) is 17.8. The van der Waals surface area contributed by atoms with Crippen LogP contribution in [0.1, 0.15) is 120 Å². The maximum atomic E-state index is 13.1. The van der Waals surface area contributed by atoms with Gasteiger partial charge in [0.25, 0.3) is 11.8 Å². The zero-order valence-electron chi connectivity index (χ0n) is 33.8. The lowest BCUT2D eigenvalue weighted by Gasteiger charge is -2.23. The molecule has 1 heterocycles. The van der Waals surface area contributed by atoms with Gasteiger partial charge in [0, 0.05) is 43.7 Å². The van der Waals surface area contributed by atoms with E-state index in [-0.39, 0.29) is 48.6 Å². The van der Waals surface area contributed by atoms with E-state index >= 15 is 0 Å². The van der Waals surface area contributed by atoms with E-state index < -0.39 is 43.6 Å². The Hall–Kier alpha value is -4.74. The van der Waals surface area contributed by atoms with Crippen molar-refractivity contribution in [2.24, 2.45) is 16.5 Å². The quantitative estimate of drug-likeness (QED) is 0.0431. The second-order valence-corrected chi connectivity index (χ2v) is 13.5. The summed E-state index contributed by atoms with van der Waals surface area (Å²) >= 11 is 0. The summed E-state index contributed by atoms with van der Waals surface area (Å²) in [5, 5.41) is 41.0. The van der Waals surface area contributed by atoms with Crippen LogP contribution in [0.3, 0.4) is 0 Å². The molecule has 0 bridgehead atoms. The van der Waals surface area contributed by atoms with Crippen LogP contribution in [0.5, 0.6) is 0 Å². The highest BCUT2D eigenvalue weighted by molar-refractivity contribution is 6.43. The summed E-state index contributed by atoms with van der Waals surface area (Å²) in [5.41, 5.74) is 11.3. The second-order valence-electron chi connectivity index (χ2n) is 13.5. The summed E-state index contributed by atoms with van der Waals surface area (Å²) < 4.78 is 0. The van der Waals surface area contributed by atoms with E-state index in [2.05, 4.69) is 54.0 Å². The number of rotatable bonds is 19. The van der Waals surface area contributed by atoms with Crippen molar-refractivity contribution in [1.29, 1.82) is 0 Å². The first kappa shape index (κ1) is 49.3. The molecule has 0 radical (unpaired) electrons. The number of guanidine groups is 1.